The van der Waals surface area contributed by atoms with Crippen molar-refractivity contribution in [2.24, 2.45) is 5.73 Å². The molecule has 1 heterocycles. The van der Waals surface area contributed by atoms with Crippen LogP contribution in [0.25, 0.3) is 5.69 Å². The summed E-state index contributed by atoms with van der Waals surface area (Å²) in [5.74, 6) is -0.844. The summed E-state index contributed by atoms with van der Waals surface area (Å²) in [7, 11) is 0. The van der Waals surface area contributed by atoms with Crippen molar-refractivity contribution < 1.29 is 9.90 Å². The lowest BCUT2D eigenvalue weighted by molar-refractivity contribution is -0.136. The third kappa shape index (κ3) is 2.67. The maximum Gasteiger partial charge on any atom is 0.307 e. The van der Waals surface area contributed by atoms with Gasteiger partial charge in [-0.2, -0.15) is 0 Å². The number of nitrogens with zero attached hydrogens (tertiary/aromatic N) is 3. The molecule has 17 heavy (non-hydrogen) atoms. The zero-order valence-corrected chi connectivity index (χ0v) is 9.08. The van der Waals surface area contributed by atoms with Crippen molar-refractivity contribution in [1.82, 2.24) is 15.0 Å². The maximum atomic E-state index is 10.5. The second kappa shape index (κ2) is 4.75. The zero-order valence-electron chi connectivity index (χ0n) is 9.08. The molecule has 0 bridgehead atoms. The highest BCUT2D eigenvalue weighted by Crippen LogP contribution is 2.09. The number of nitrogens with two attached hydrogens (primary N) is 1. The zero-order chi connectivity index (χ0) is 12.3. The Labute approximate surface area is 97.7 Å². The fourth-order valence-electron chi connectivity index (χ4n) is 1.46. The van der Waals surface area contributed by atoms with Crippen LogP contribution in [0.1, 0.15) is 11.3 Å². The van der Waals surface area contributed by atoms with Crippen LogP contribution in [-0.2, 0) is 17.8 Å². The van der Waals surface area contributed by atoms with Crippen molar-refractivity contribution in [3.8, 4) is 5.69 Å². The molecule has 0 aliphatic rings. The molecule has 0 amide bonds. The Kier molecular flexibility index (Phi) is 3.15. The van der Waals surface area contributed by atoms with E-state index >= 15 is 0 Å². The number of carboxylic acids is 1. The minimum Gasteiger partial charge on any atom is -0.481 e. The highest BCUT2D eigenvalue weighted by Gasteiger charge is 2.03. The Bertz CT molecular complexity index is 519. The Morgan fingerprint density at radius 1 is 1.35 bits per heavy atom. The van der Waals surface area contributed by atoms with E-state index in [9.17, 15) is 4.79 Å². The van der Waals surface area contributed by atoms with E-state index in [2.05, 4.69) is 10.3 Å². The van der Waals surface area contributed by atoms with Gasteiger partial charge < -0.3 is 10.8 Å². The molecule has 6 heteroatoms. The van der Waals surface area contributed by atoms with E-state index < -0.39 is 5.97 Å². The standard InChI is InChI=1S/C11H12N4O2/c12-6-9-7-15(14-13-9)10-3-1-8(2-4-10)5-11(16)17/h1-4,7H,5-6,12H2,(H,16,17). The molecule has 0 aliphatic carbocycles. The van der Waals surface area contributed by atoms with E-state index in [1.165, 1.54) is 0 Å². The van der Waals surface area contributed by atoms with Crippen LogP contribution in [-0.4, -0.2) is 26.1 Å². The largest absolute Gasteiger partial charge is 0.481 e. The van der Waals surface area contributed by atoms with E-state index in [1.54, 1.807) is 35.1 Å². The van der Waals surface area contributed by atoms with Gasteiger partial charge in [-0.1, -0.05) is 17.3 Å². The number of rotatable bonds is 4. The molecule has 2 aromatic rings. The van der Waals surface area contributed by atoms with Crippen LogP contribution in [0.15, 0.2) is 30.5 Å². The molecule has 6 nitrogen and oxygen atoms in total. The Morgan fingerprint density at radius 2 is 2.06 bits per heavy atom. The SMILES string of the molecule is NCc1cn(-c2ccc(CC(=O)O)cc2)nn1. The lowest BCUT2D eigenvalue weighted by Gasteiger charge is -2.01. The molecule has 0 saturated heterocycles. The Morgan fingerprint density at radius 3 is 2.59 bits per heavy atom. The van der Waals surface area contributed by atoms with Gasteiger partial charge in [-0.15, -0.1) is 5.10 Å². The summed E-state index contributed by atoms with van der Waals surface area (Å²) in [6.07, 6.45) is 1.76. The third-order valence-electron chi connectivity index (χ3n) is 2.31. The van der Waals surface area contributed by atoms with Gasteiger partial charge in [-0.25, -0.2) is 4.68 Å². The van der Waals surface area contributed by atoms with Crippen LogP contribution in [0.5, 0.6) is 0 Å². The molecule has 2 rings (SSSR count). The minimum absolute atomic E-state index is 0.0195. The fourth-order valence-corrected chi connectivity index (χ4v) is 1.46. The lowest BCUT2D eigenvalue weighted by Crippen LogP contribution is -2.01. The van der Waals surface area contributed by atoms with Crippen LogP contribution < -0.4 is 5.73 Å². The molecular weight excluding hydrogens is 220 g/mol. The molecule has 0 fully saturated rings. The molecule has 3 N–H and O–H groups in total. The van der Waals surface area contributed by atoms with E-state index in [0.29, 0.717) is 12.2 Å². The maximum absolute atomic E-state index is 10.5. The summed E-state index contributed by atoms with van der Waals surface area (Å²) in [6.45, 7) is 0.344. The molecule has 0 saturated carbocycles. The molecule has 0 aliphatic heterocycles. The van der Waals surface area contributed by atoms with Gasteiger partial charge in [0.15, 0.2) is 0 Å². The van der Waals surface area contributed by atoms with Crippen molar-refractivity contribution in [3.63, 3.8) is 0 Å². The fraction of sp³-hybridized carbons (Fsp3) is 0.182. The normalized spacial score (nSPS) is 10.4. The number of aliphatic carboxylic acids is 1. The van der Waals surface area contributed by atoms with E-state index in [-0.39, 0.29) is 6.42 Å². The number of hydrogen-bond donors (Lipinski definition) is 2. The van der Waals surface area contributed by atoms with Crippen LogP contribution in [0, 0.1) is 0 Å². The monoisotopic (exact) mass is 232 g/mol. The summed E-state index contributed by atoms with van der Waals surface area (Å²) in [6, 6.07) is 7.11. The lowest BCUT2D eigenvalue weighted by atomic mass is 10.1. The molecule has 0 spiro atoms. The smallest absolute Gasteiger partial charge is 0.307 e. The van der Waals surface area contributed by atoms with Crippen LogP contribution >= 0.6 is 0 Å². The number of aromatic nitrogens is 3. The Balaban J connectivity index is 2.19. The number of carboxylic acid groups (broad SMARTS) is 1. The average molecular weight is 232 g/mol. The van der Waals surface area contributed by atoms with E-state index in [1.807, 2.05) is 0 Å². The summed E-state index contributed by atoms with van der Waals surface area (Å²) < 4.78 is 1.60. The second-order valence-corrected chi connectivity index (χ2v) is 3.60. The highest BCUT2D eigenvalue weighted by molar-refractivity contribution is 5.70. The first-order valence-electron chi connectivity index (χ1n) is 5.11. The van der Waals surface area contributed by atoms with Crippen molar-refractivity contribution in [2.45, 2.75) is 13.0 Å². The van der Waals surface area contributed by atoms with Crippen molar-refractivity contribution in [1.29, 1.82) is 0 Å². The molecule has 0 unspecified atom stereocenters. The van der Waals surface area contributed by atoms with Gasteiger partial charge in [0.25, 0.3) is 0 Å². The predicted octanol–water partition coefficient (Wildman–Crippen LogP) is 0.353. The summed E-state index contributed by atoms with van der Waals surface area (Å²) in [5, 5.41) is 16.4. The van der Waals surface area contributed by atoms with Gasteiger partial charge in [0.1, 0.15) is 0 Å². The molecule has 1 aromatic carbocycles. The van der Waals surface area contributed by atoms with Crippen LogP contribution in [0.3, 0.4) is 0 Å². The number of benzene rings is 1. The summed E-state index contributed by atoms with van der Waals surface area (Å²) in [5.41, 5.74) is 7.72. The van der Waals surface area contributed by atoms with E-state index in [4.69, 9.17) is 10.8 Å². The number of carbonyl (C=O) groups is 1. The average Bonchev–Trinajstić information content (AvgIpc) is 2.78. The highest BCUT2D eigenvalue weighted by atomic mass is 16.4. The number of hydrogen-bond acceptors (Lipinski definition) is 4. The first kappa shape index (κ1) is 11.3. The molecule has 88 valence electrons. The van der Waals surface area contributed by atoms with Crippen LogP contribution in [0.2, 0.25) is 0 Å². The van der Waals surface area contributed by atoms with Crippen molar-refractivity contribution >= 4 is 5.97 Å². The van der Waals surface area contributed by atoms with Gasteiger partial charge in [0.2, 0.25) is 0 Å². The third-order valence-corrected chi connectivity index (χ3v) is 2.31. The minimum atomic E-state index is -0.844. The second-order valence-electron chi connectivity index (χ2n) is 3.60. The first-order chi connectivity index (χ1) is 8.19. The summed E-state index contributed by atoms with van der Waals surface area (Å²) in [4.78, 5) is 10.5. The molecule has 1 aromatic heterocycles. The first-order valence-corrected chi connectivity index (χ1v) is 5.11. The van der Waals surface area contributed by atoms with E-state index in [0.717, 1.165) is 11.3 Å². The molecule has 0 radical (unpaired) electrons. The van der Waals surface area contributed by atoms with Gasteiger partial charge in [0, 0.05) is 6.54 Å². The Hall–Kier alpha value is -2.21. The van der Waals surface area contributed by atoms with Gasteiger partial charge >= 0.3 is 5.97 Å². The molecule has 0 atom stereocenters. The van der Waals surface area contributed by atoms with Gasteiger partial charge in [-0.05, 0) is 17.7 Å². The van der Waals surface area contributed by atoms with Crippen molar-refractivity contribution in [2.75, 3.05) is 0 Å². The van der Waals surface area contributed by atoms with Gasteiger partial charge in [-0.3, -0.25) is 4.79 Å². The van der Waals surface area contributed by atoms with Crippen molar-refractivity contribution in [3.05, 3.63) is 41.7 Å². The topological polar surface area (TPSA) is 94.0 Å². The van der Waals surface area contributed by atoms with Gasteiger partial charge in [0.05, 0.1) is 24.0 Å². The van der Waals surface area contributed by atoms with Crippen LogP contribution in [0.4, 0.5) is 0 Å². The predicted molar refractivity (Wildman–Crippen MR) is 60.6 cm³/mol. The molecular formula is C11H12N4O2. The quantitative estimate of drug-likeness (QED) is 0.793. The summed E-state index contributed by atoms with van der Waals surface area (Å²) >= 11 is 0.